The predicted octanol–water partition coefficient (Wildman–Crippen LogP) is 2.77. The van der Waals surface area contributed by atoms with E-state index < -0.39 is 12.0 Å². The van der Waals surface area contributed by atoms with Crippen molar-refractivity contribution >= 4 is 5.97 Å². The third-order valence-corrected chi connectivity index (χ3v) is 3.24. The summed E-state index contributed by atoms with van der Waals surface area (Å²) in [7, 11) is 3.49. The molecular formula is C15H23NO3. The van der Waals surface area contributed by atoms with Crippen molar-refractivity contribution in [2.75, 3.05) is 14.2 Å². The quantitative estimate of drug-likeness (QED) is 0.785. The number of nitrogens with zero attached hydrogens (tertiary/aromatic N) is 1. The van der Waals surface area contributed by atoms with E-state index in [1.54, 1.807) is 7.11 Å². The van der Waals surface area contributed by atoms with Crippen molar-refractivity contribution in [1.29, 1.82) is 0 Å². The molecule has 0 aliphatic heterocycles. The van der Waals surface area contributed by atoms with E-state index in [4.69, 9.17) is 4.74 Å². The summed E-state index contributed by atoms with van der Waals surface area (Å²) in [5.41, 5.74) is 1.09. The molecule has 0 heterocycles. The second kappa shape index (κ2) is 7.79. The van der Waals surface area contributed by atoms with Crippen LogP contribution in [0.15, 0.2) is 24.3 Å². The Morgan fingerprint density at radius 1 is 1.37 bits per heavy atom. The number of carboxylic acid groups (broad SMARTS) is 1. The highest BCUT2D eigenvalue weighted by Crippen LogP contribution is 2.15. The third-order valence-electron chi connectivity index (χ3n) is 3.24. The summed E-state index contributed by atoms with van der Waals surface area (Å²) in [6.07, 6.45) is 2.64. The number of ether oxygens (including phenoxy) is 1. The summed E-state index contributed by atoms with van der Waals surface area (Å²) < 4.78 is 5.11. The van der Waals surface area contributed by atoms with Crippen LogP contribution < -0.4 is 4.74 Å². The Labute approximate surface area is 115 Å². The summed E-state index contributed by atoms with van der Waals surface area (Å²) >= 11 is 0. The van der Waals surface area contributed by atoms with Crippen LogP contribution in [0.2, 0.25) is 0 Å². The van der Waals surface area contributed by atoms with E-state index in [9.17, 15) is 9.90 Å². The van der Waals surface area contributed by atoms with E-state index in [-0.39, 0.29) is 0 Å². The largest absolute Gasteiger partial charge is 0.497 e. The Hall–Kier alpha value is -1.55. The van der Waals surface area contributed by atoms with Crippen LogP contribution in [-0.4, -0.2) is 36.2 Å². The molecule has 0 saturated carbocycles. The second-order valence-corrected chi connectivity index (χ2v) is 4.76. The number of carboxylic acids is 1. The van der Waals surface area contributed by atoms with Crippen molar-refractivity contribution in [3.8, 4) is 5.75 Å². The van der Waals surface area contributed by atoms with Gasteiger partial charge in [-0.2, -0.15) is 0 Å². The molecule has 1 aromatic carbocycles. The average molecular weight is 265 g/mol. The zero-order chi connectivity index (χ0) is 14.3. The summed E-state index contributed by atoms with van der Waals surface area (Å²) in [5, 5.41) is 9.27. The van der Waals surface area contributed by atoms with Gasteiger partial charge in [-0.05, 0) is 31.2 Å². The fraction of sp³-hybridized carbons (Fsp3) is 0.533. The molecule has 4 heteroatoms. The molecule has 0 saturated heterocycles. The van der Waals surface area contributed by atoms with E-state index in [1.165, 1.54) is 0 Å². The van der Waals surface area contributed by atoms with Crippen LogP contribution in [-0.2, 0) is 11.3 Å². The second-order valence-electron chi connectivity index (χ2n) is 4.76. The molecule has 0 fully saturated rings. The van der Waals surface area contributed by atoms with Gasteiger partial charge < -0.3 is 9.84 Å². The lowest BCUT2D eigenvalue weighted by Gasteiger charge is -2.24. The maximum Gasteiger partial charge on any atom is 0.320 e. The molecule has 106 valence electrons. The minimum atomic E-state index is -0.746. The van der Waals surface area contributed by atoms with Crippen molar-refractivity contribution in [3.63, 3.8) is 0 Å². The number of methoxy groups -OCH3 is 1. The molecular weight excluding hydrogens is 242 g/mol. The normalized spacial score (nSPS) is 12.4. The lowest BCUT2D eigenvalue weighted by molar-refractivity contribution is -0.143. The van der Waals surface area contributed by atoms with Gasteiger partial charge >= 0.3 is 5.97 Å². The molecule has 0 spiro atoms. The summed E-state index contributed by atoms with van der Waals surface area (Å²) in [6.45, 7) is 2.70. The third kappa shape index (κ3) is 4.91. The summed E-state index contributed by atoms with van der Waals surface area (Å²) in [6, 6.07) is 7.31. The number of unbranched alkanes of at least 4 members (excludes halogenated alkanes) is 1. The molecule has 0 amide bonds. The van der Waals surface area contributed by atoms with Gasteiger partial charge in [-0.3, -0.25) is 9.69 Å². The number of benzene rings is 1. The fourth-order valence-electron chi connectivity index (χ4n) is 2.06. The summed E-state index contributed by atoms with van der Waals surface area (Å²) in [4.78, 5) is 13.2. The number of likely N-dealkylation sites (N-methyl/N-ethyl adjacent to an activating group) is 1. The van der Waals surface area contributed by atoms with Gasteiger partial charge in [0.15, 0.2) is 0 Å². The Morgan fingerprint density at radius 3 is 2.47 bits per heavy atom. The molecule has 19 heavy (non-hydrogen) atoms. The Bertz CT molecular complexity index is 389. The number of hydrogen-bond acceptors (Lipinski definition) is 3. The molecule has 0 aliphatic carbocycles. The molecule has 4 nitrogen and oxygen atoms in total. The van der Waals surface area contributed by atoms with E-state index >= 15 is 0 Å². The molecule has 1 atom stereocenters. The van der Waals surface area contributed by atoms with Gasteiger partial charge in [0, 0.05) is 6.54 Å². The predicted molar refractivity (Wildman–Crippen MR) is 75.4 cm³/mol. The molecule has 1 N–H and O–H groups in total. The first-order chi connectivity index (χ1) is 9.08. The van der Waals surface area contributed by atoms with Crippen molar-refractivity contribution in [2.24, 2.45) is 0 Å². The van der Waals surface area contributed by atoms with Gasteiger partial charge in [-0.1, -0.05) is 31.9 Å². The molecule has 0 aliphatic rings. The molecule has 0 bridgehead atoms. The first-order valence-electron chi connectivity index (χ1n) is 6.64. The Balaban J connectivity index is 2.63. The van der Waals surface area contributed by atoms with Gasteiger partial charge in [0.25, 0.3) is 0 Å². The van der Waals surface area contributed by atoms with Gasteiger partial charge in [0.05, 0.1) is 7.11 Å². The van der Waals surface area contributed by atoms with Crippen molar-refractivity contribution in [1.82, 2.24) is 4.90 Å². The number of aliphatic carboxylic acids is 1. The Kier molecular flexibility index (Phi) is 6.36. The van der Waals surface area contributed by atoms with Crippen molar-refractivity contribution in [3.05, 3.63) is 29.8 Å². The molecule has 0 aromatic heterocycles. The maximum absolute atomic E-state index is 11.3. The minimum Gasteiger partial charge on any atom is -0.497 e. The first kappa shape index (κ1) is 15.5. The monoisotopic (exact) mass is 265 g/mol. The minimum absolute atomic E-state index is 0.415. The zero-order valence-corrected chi connectivity index (χ0v) is 11.9. The highest BCUT2D eigenvalue weighted by atomic mass is 16.5. The van der Waals surface area contributed by atoms with E-state index in [0.29, 0.717) is 13.0 Å². The molecule has 1 rings (SSSR count). The van der Waals surface area contributed by atoms with Crippen LogP contribution in [0, 0.1) is 0 Å². The standard InChI is InChI=1S/C15H23NO3/c1-4-5-6-14(15(17)18)16(2)11-12-7-9-13(19-3)10-8-12/h7-10,14H,4-6,11H2,1-3H3,(H,17,18). The zero-order valence-electron chi connectivity index (χ0n) is 11.9. The van der Waals surface area contributed by atoms with Gasteiger partial charge in [-0.15, -0.1) is 0 Å². The van der Waals surface area contributed by atoms with Gasteiger partial charge in [0.1, 0.15) is 11.8 Å². The smallest absolute Gasteiger partial charge is 0.320 e. The molecule has 1 unspecified atom stereocenters. The van der Waals surface area contributed by atoms with Crippen LogP contribution in [0.5, 0.6) is 5.75 Å². The number of hydrogen-bond donors (Lipinski definition) is 1. The van der Waals surface area contributed by atoms with Crippen LogP contribution in [0.1, 0.15) is 31.7 Å². The van der Waals surface area contributed by atoms with Crippen LogP contribution >= 0.6 is 0 Å². The summed E-state index contributed by atoms with van der Waals surface area (Å²) in [5.74, 6) is 0.0663. The lowest BCUT2D eigenvalue weighted by Crippen LogP contribution is -2.37. The maximum atomic E-state index is 11.3. The lowest BCUT2D eigenvalue weighted by atomic mass is 10.1. The average Bonchev–Trinajstić information content (AvgIpc) is 2.39. The highest BCUT2D eigenvalue weighted by Gasteiger charge is 2.21. The van der Waals surface area contributed by atoms with Gasteiger partial charge in [0.2, 0.25) is 0 Å². The van der Waals surface area contributed by atoms with Crippen LogP contribution in [0.3, 0.4) is 0 Å². The van der Waals surface area contributed by atoms with Crippen LogP contribution in [0.4, 0.5) is 0 Å². The molecule has 1 aromatic rings. The van der Waals surface area contributed by atoms with Gasteiger partial charge in [-0.25, -0.2) is 0 Å². The fourth-order valence-corrected chi connectivity index (χ4v) is 2.06. The van der Waals surface area contributed by atoms with E-state index in [2.05, 4.69) is 6.92 Å². The Morgan fingerprint density at radius 2 is 2.00 bits per heavy atom. The SMILES string of the molecule is CCCCC(C(=O)O)N(C)Cc1ccc(OC)cc1. The molecule has 0 radical (unpaired) electrons. The van der Waals surface area contributed by atoms with E-state index in [1.807, 2.05) is 36.2 Å². The topological polar surface area (TPSA) is 49.8 Å². The van der Waals surface area contributed by atoms with Crippen molar-refractivity contribution < 1.29 is 14.6 Å². The number of carbonyl (C=O) groups is 1. The van der Waals surface area contributed by atoms with Crippen LogP contribution in [0.25, 0.3) is 0 Å². The first-order valence-corrected chi connectivity index (χ1v) is 6.64. The number of rotatable bonds is 8. The van der Waals surface area contributed by atoms with E-state index in [0.717, 1.165) is 24.2 Å². The van der Waals surface area contributed by atoms with Crippen molar-refractivity contribution in [2.45, 2.75) is 38.8 Å². The highest BCUT2D eigenvalue weighted by molar-refractivity contribution is 5.73.